The lowest BCUT2D eigenvalue weighted by atomic mass is 10.0. The lowest BCUT2D eigenvalue weighted by Gasteiger charge is -2.28. The van der Waals surface area contributed by atoms with Crippen LogP contribution in [-0.4, -0.2) is 38.9 Å². The van der Waals surface area contributed by atoms with Gasteiger partial charge in [0, 0.05) is 18.7 Å². The van der Waals surface area contributed by atoms with Crippen LogP contribution in [0.15, 0.2) is 78.2 Å². The molecule has 1 fully saturated rings. The highest BCUT2D eigenvalue weighted by Gasteiger charge is 2.27. The van der Waals surface area contributed by atoms with E-state index in [1.165, 1.54) is 22.5 Å². The summed E-state index contributed by atoms with van der Waals surface area (Å²) >= 11 is 6.23. The van der Waals surface area contributed by atoms with Crippen molar-refractivity contribution in [1.29, 1.82) is 0 Å². The van der Waals surface area contributed by atoms with Crippen LogP contribution in [0, 0.1) is 0 Å². The van der Waals surface area contributed by atoms with Gasteiger partial charge in [0.25, 0.3) is 15.9 Å². The van der Waals surface area contributed by atoms with Gasteiger partial charge in [-0.05, 0) is 43.2 Å². The Labute approximate surface area is 176 Å². The van der Waals surface area contributed by atoms with E-state index in [4.69, 9.17) is 11.6 Å². The number of hydrogen-bond donors (Lipinski definition) is 0. The molecule has 2 aromatic carbocycles. The van der Waals surface area contributed by atoms with Crippen LogP contribution in [0.4, 0.5) is 5.69 Å². The number of sulfonamides is 1. The van der Waals surface area contributed by atoms with Gasteiger partial charge in [-0.2, -0.15) is 0 Å². The van der Waals surface area contributed by atoms with Crippen molar-refractivity contribution in [3.05, 3.63) is 83.9 Å². The molecule has 2 aromatic rings. The molecule has 0 radical (unpaired) electrons. The summed E-state index contributed by atoms with van der Waals surface area (Å²) in [5, 5.41) is 0.318. The molecule has 0 atom stereocenters. The molecule has 152 valence electrons. The van der Waals surface area contributed by atoms with Crippen LogP contribution in [0.25, 0.3) is 0 Å². The molecule has 1 saturated heterocycles. The first kappa shape index (κ1) is 21.1. The molecule has 1 heterocycles. The van der Waals surface area contributed by atoms with Gasteiger partial charge in [-0.15, -0.1) is 6.58 Å². The average molecular weight is 431 g/mol. The third kappa shape index (κ3) is 4.54. The summed E-state index contributed by atoms with van der Waals surface area (Å²) < 4.78 is 27.9. The fraction of sp³-hybridized carbons (Fsp3) is 0.227. The molecule has 7 heteroatoms. The first-order chi connectivity index (χ1) is 13.8. The van der Waals surface area contributed by atoms with Crippen LogP contribution in [0.3, 0.4) is 0 Å². The maximum Gasteiger partial charge on any atom is 0.264 e. The molecule has 1 aliphatic rings. The Hall–Kier alpha value is -2.57. The number of amides is 1. The molecule has 0 bridgehead atoms. The van der Waals surface area contributed by atoms with E-state index in [1.807, 2.05) is 0 Å². The number of carbonyl (C=O) groups excluding carboxylic acids is 1. The van der Waals surface area contributed by atoms with Crippen LogP contribution >= 0.6 is 11.6 Å². The minimum absolute atomic E-state index is 0.0338. The standard InChI is InChI=1S/C22H23ClN2O3S/c1-3-13-25(21-10-5-4-9-20(21)23)29(27,28)19-8-6-7-18(16-19)22(26)24-14-11-17(2)12-15-24/h3-10,16H,1-2,11-15H2. The third-order valence-electron chi connectivity index (χ3n) is 4.84. The number of para-hydroxylation sites is 1. The number of likely N-dealkylation sites (tertiary alicyclic amines) is 1. The van der Waals surface area contributed by atoms with E-state index in [0.717, 1.165) is 18.4 Å². The number of anilines is 1. The minimum atomic E-state index is -3.94. The summed E-state index contributed by atoms with van der Waals surface area (Å²) in [5.41, 5.74) is 1.84. The van der Waals surface area contributed by atoms with Crippen molar-refractivity contribution in [3.8, 4) is 0 Å². The highest BCUT2D eigenvalue weighted by molar-refractivity contribution is 7.92. The number of rotatable bonds is 6. The Bertz CT molecular complexity index is 1040. The number of piperidine rings is 1. The van der Waals surface area contributed by atoms with E-state index in [-0.39, 0.29) is 17.3 Å². The molecule has 3 rings (SSSR count). The van der Waals surface area contributed by atoms with Crippen molar-refractivity contribution in [2.45, 2.75) is 17.7 Å². The molecule has 0 saturated carbocycles. The molecule has 0 unspecified atom stereocenters. The van der Waals surface area contributed by atoms with Gasteiger partial charge in [0.2, 0.25) is 0 Å². The van der Waals surface area contributed by atoms with Gasteiger partial charge in [-0.3, -0.25) is 9.10 Å². The topological polar surface area (TPSA) is 57.7 Å². The summed E-state index contributed by atoms with van der Waals surface area (Å²) in [7, 11) is -3.94. The highest BCUT2D eigenvalue weighted by atomic mass is 35.5. The van der Waals surface area contributed by atoms with Crippen molar-refractivity contribution in [3.63, 3.8) is 0 Å². The Kier molecular flexibility index (Phi) is 6.45. The highest BCUT2D eigenvalue weighted by Crippen LogP contribution is 2.30. The van der Waals surface area contributed by atoms with Crippen LogP contribution in [0.5, 0.6) is 0 Å². The van der Waals surface area contributed by atoms with Crippen molar-refractivity contribution in [2.24, 2.45) is 0 Å². The molecule has 0 aliphatic carbocycles. The molecule has 0 spiro atoms. The van der Waals surface area contributed by atoms with Gasteiger partial charge < -0.3 is 4.90 Å². The summed E-state index contributed by atoms with van der Waals surface area (Å²) in [4.78, 5) is 14.6. The third-order valence-corrected chi connectivity index (χ3v) is 6.94. The van der Waals surface area contributed by atoms with Crippen LogP contribution < -0.4 is 4.31 Å². The van der Waals surface area contributed by atoms with Gasteiger partial charge >= 0.3 is 0 Å². The number of carbonyl (C=O) groups is 1. The van der Waals surface area contributed by atoms with Crippen molar-refractivity contribution in [2.75, 3.05) is 23.9 Å². The molecule has 1 amide bonds. The zero-order valence-corrected chi connectivity index (χ0v) is 17.6. The SMILES string of the molecule is C=CCN(c1ccccc1Cl)S(=O)(=O)c1cccc(C(=O)N2CCC(=C)CC2)c1. The van der Waals surface area contributed by atoms with Gasteiger partial charge in [0.1, 0.15) is 0 Å². The van der Waals surface area contributed by atoms with E-state index in [1.54, 1.807) is 41.3 Å². The molecular weight excluding hydrogens is 408 g/mol. The van der Waals surface area contributed by atoms with Crippen LogP contribution in [0.2, 0.25) is 5.02 Å². The minimum Gasteiger partial charge on any atom is -0.338 e. The second-order valence-corrected chi connectivity index (χ2v) is 9.12. The summed E-state index contributed by atoms with van der Waals surface area (Å²) in [6, 6.07) is 12.9. The molecule has 5 nitrogen and oxygen atoms in total. The number of benzene rings is 2. The first-order valence-corrected chi connectivity index (χ1v) is 11.1. The predicted octanol–water partition coefficient (Wildman–Crippen LogP) is 4.51. The van der Waals surface area contributed by atoms with Crippen molar-refractivity contribution in [1.82, 2.24) is 4.90 Å². The Morgan fingerprint density at radius 3 is 2.48 bits per heavy atom. The van der Waals surface area contributed by atoms with Crippen LogP contribution in [0.1, 0.15) is 23.2 Å². The van der Waals surface area contributed by atoms with Gasteiger partial charge in [-0.25, -0.2) is 8.42 Å². The molecule has 0 aromatic heterocycles. The Balaban J connectivity index is 1.95. The second-order valence-electron chi connectivity index (χ2n) is 6.85. The summed E-state index contributed by atoms with van der Waals surface area (Å²) in [6.45, 7) is 8.86. The molecule has 0 N–H and O–H groups in total. The zero-order chi connectivity index (χ0) is 21.0. The number of halogens is 1. The molecule has 29 heavy (non-hydrogen) atoms. The lowest BCUT2D eigenvalue weighted by molar-refractivity contribution is 0.0743. The monoisotopic (exact) mass is 430 g/mol. The van der Waals surface area contributed by atoms with Gasteiger partial charge in [-0.1, -0.05) is 48.0 Å². The van der Waals surface area contributed by atoms with Gasteiger partial charge in [0.15, 0.2) is 0 Å². The van der Waals surface area contributed by atoms with E-state index >= 15 is 0 Å². The van der Waals surface area contributed by atoms with Crippen LogP contribution in [-0.2, 0) is 10.0 Å². The molecular formula is C22H23ClN2O3S. The summed E-state index contributed by atoms with van der Waals surface area (Å²) in [5.74, 6) is -0.178. The van der Waals surface area contributed by atoms with E-state index in [9.17, 15) is 13.2 Å². The van der Waals surface area contributed by atoms with Crippen molar-refractivity contribution >= 4 is 33.2 Å². The van der Waals surface area contributed by atoms with Gasteiger partial charge in [0.05, 0.1) is 22.2 Å². The quantitative estimate of drug-likeness (QED) is 0.633. The lowest BCUT2D eigenvalue weighted by Crippen LogP contribution is -2.36. The van der Waals surface area contributed by atoms with Crippen molar-refractivity contribution < 1.29 is 13.2 Å². The second kappa shape index (κ2) is 8.84. The largest absolute Gasteiger partial charge is 0.338 e. The maximum atomic E-state index is 13.4. The number of nitrogens with zero attached hydrogens (tertiary/aromatic N) is 2. The van der Waals surface area contributed by atoms with E-state index < -0.39 is 10.0 Å². The van der Waals surface area contributed by atoms with E-state index in [2.05, 4.69) is 13.2 Å². The summed E-state index contributed by atoms with van der Waals surface area (Å²) in [6.07, 6.45) is 3.03. The smallest absolute Gasteiger partial charge is 0.264 e. The first-order valence-electron chi connectivity index (χ1n) is 9.28. The Morgan fingerprint density at radius 2 is 1.83 bits per heavy atom. The zero-order valence-electron chi connectivity index (χ0n) is 16.1. The Morgan fingerprint density at radius 1 is 1.14 bits per heavy atom. The number of hydrogen-bond acceptors (Lipinski definition) is 3. The fourth-order valence-electron chi connectivity index (χ4n) is 3.22. The molecule has 1 aliphatic heterocycles. The maximum absolute atomic E-state index is 13.4. The predicted molar refractivity (Wildman–Crippen MR) is 117 cm³/mol. The normalized spacial score (nSPS) is 14.5. The van der Waals surface area contributed by atoms with E-state index in [0.29, 0.717) is 29.4 Å². The fourth-order valence-corrected chi connectivity index (χ4v) is 5.01. The average Bonchev–Trinajstić information content (AvgIpc) is 2.73.